The molecule has 1 N–H and O–H groups in total. The van der Waals surface area contributed by atoms with Gasteiger partial charge in [-0.2, -0.15) is 0 Å². The van der Waals surface area contributed by atoms with Gasteiger partial charge in [-0.25, -0.2) is 8.42 Å². The number of hydrogen-bond acceptors (Lipinski definition) is 3. The van der Waals surface area contributed by atoms with Crippen molar-refractivity contribution in [1.29, 1.82) is 0 Å². The molecule has 1 unspecified atom stereocenters. The van der Waals surface area contributed by atoms with Gasteiger partial charge in [0.25, 0.3) is 0 Å². The Morgan fingerprint density at radius 3 is 2.39 bits per heavy atom. The van der Waals surface area contributed by atoms with E-state index in [1.54, 1.807) is 6.07 Å². The van der Waals surface area contributed by atoms with Crippen LogP contribution in [-0.4, -0.2) is 26.8 Å². The molecule has 1 atom stereocenters. The van der Waals surface area contributed by atoms with E-state index in [2.05, 4.69) is 5.32 Å². The van der Waals surface area contributed by atoms with Gasteiger partial charge in [-0.1, -0.05) is 31.5 Å². The molecule has 0 heterocycles. The molecule has 0 amide bonds. The molecule has 102 valence electrons. The average molecular weight is 269 g/mol. The van der Waals surface area contributed by atoms with E-state index in [-0.39, 0.29) is 11.8 Å². The topological polar surface area (TPSA) is 46.2 Å². The standard InChI is InChI=1S/C14H23NO2S/c1-5-13(15-6-2)10-18(16,17)14-8-7-11(3)9-12(14)4/h7-9,13,15H,5-6,10H2,1-4H3. The molecular formula is C14H23NO2S. The van der Waals surface area contributed by atoms with Crippen LogP contribution in [0.3, 0.4) is 0 Å². The van der Waals surface area contributed by atoms with Gasteiger partial charge in [0.1, 0.15) is 0 Å². The molecule has 0 aliphatic carbocycles. The summed E-state index contributed by atoms with van der Waals surface area (Å²) in [6.45, 7) is 8.61. The molecule has 0 radical (unpaired) electrons. The summed E-state index contributed by atoms with van der Waals surface area (Å²) in [5, 5.41) is 3.21. The molecule has 0 spiro atoms. The van der Waals surface area contributed by atoms with Crippen LogP contribution in [0, 0.1) is 13.8 Å². The van der Waals surface area contributed by atoms with E-state index in [0.717, 1.165) is 24.1 Å². The first-order chi connectivity index (χ1) is 8.40. The molecule has 1 aromatic carbocycles. The van der Waals surface area contributed by atoms with Crippen LogP contribution in [0.1, 0.15) is 31.4 Å². The zero-order valence-electron chi connectivity index (χ0n) is 11.7. The Balaban J connectivity index is 2.99. The maximum atomic E-state index is 12.4. The second kappa shape index (κ2) is 6.34. The summed E-state index contributed by atoms with van der Waals surface area (Å²) in [5.74, 6) is 0.168. The molecule has 0 aliphatic heterocycles. The maximum Gasteiger partial charge on any atom is 0.180 e. The van der Waals surface area contributed by atoms with Gasteiger partial charge in [0, 0.05) is 6.04 Å². The van der Waals surface area contributed by atoms with Crippen molar-refractivity contribution in [2.24, 2.45) is 0 Å². The predicted molar refractivity (Wildman–Crippen MR) is 75.7 cm³/mol. The van der Waals surface area contributed by atoms with Crippen molar-refractivity contribution in [1.82, 2.24) is 5.32 Å². The van der Waals surface area contributed by atoms with Crippen LogP contribution < -0.4 is 5.32 Å². The first-order valence-corrected chi connectivity index (χ1v) is 8.09. The summed E-state index contributed by atoms with van der Waals surface area (Å²) in [6.07, 6.45) is 0.817. The lowest BCUT2D eigenvalue weighted by atomic mass is 10.2. The minimum Gasteiger partial charge on any atom is -0.313 e. The number of sulfone groups is 1. The highest BCUT2D eigenvalue weighted by atomic mass is 32.2. The summed E-state index contributed by atoms with van der Waals surface area (Å²) in [6, 6.07) is 5.52. The fourth-order valence-electron chi connectivity index (χ4n) is 2.11. The van der Waals surface area contributed by atoms with Crippen molar-refractivity contribution in [3.8, 4) is 0 Å². The molecule has 0 bridgehead atoms. The molecule has 0 saturated heterocycles. The zero-order chi connectivity index (χ0) is 13.8. The number of hydrogen-bond donors (Lipinski definition) is 1. The van der Waals surface area contributed by atoms with Crippen molar-refractivity contribution in [2.45, 2.75) is 45.1 Å². The Morgan fingerprint density at radius 1 is 1.22 bits per heavy atom. The highest BCUT2D eigenvalue weighted by Crippen LogP contribution is 2.19. The average Bonchev–Trinajstić information content (AvgIpc) is 2.27. The van der Waals surface area contributed by atoms with E-state index in [9.17, 15) is 8.42 Å². The molecule has 18 heavy (non-hydrogen) atoms. The predicted octanol–water partition coefficient (Wildman–Crippen LogP) is 2.47. The summed E-state index contributed by atoms with van der Waals surface area (Å²) in [4.78, 5) is 0.462. The quantitative estimate of drug-likeness (QED) is 0.863. The Morgan fingerprint density at radius 2 is 1.89 bits per heavy atom. The maximum absolute atomic E-state index is 12.4. The van der Waals surface area contributed by atoms with Crippen LogP contribution in [0.2, 0.25) is 0 Å². The lowest BCUT2D eigenvalue weighted by Gasteiger charge is -2.17. The van der Waals surface area contributed by atoms with Crippen LogP contribution in [-0.2, 0) is 9.84 Å². The first-order valence-electron chi connectivity index (χ1n) is 6.44. The van der Waals surface area contributed by atoms with Gasteiger partial charge >= 0.3 is 0 Å². The summed E-state index contributed by atoms with van der Waals surface area (Å²) in [7, 11) is -3.20. The highest BCUT2D eigenvalue weighted by Gasteiger charge is 2.21. The van der Waals surface area contributed by atoms with Gasteiger partial charge in [-0.15, -0.1) is 0 Å². The Bertz CT molecular complexity index is 495. The second-order valence-corrected chi connectivity index (χ2v) is 6.72. The van der Waals surface area contributed by atoms with E-state index in [0.29, 0.717) is 4.90 Å². The zero-order valence-corrected chi connectivity index (χ0v) is 12.5. The van der Waals surface area contributed by atoms with Crippen molar-refractivity contribution in [3.05, 3.63) is 29.3 Å². The van der Waals surface area contributed by atoms with Gasteiger partial charge in [0.05, 0.1) is 10.6 Å². The third-order valence-electron chi connectivity index (χ3n) is 3.07. The van der Waals surface area contributed by atoms with Gasteiger partial charge in [-0.3, -0.25) is 0 Å². The smallest absolute Gasteiger partial charge is 0.180 e. The Labute approximate surface area is 111 Å². The first kappa shape index (κ1) is 15.2. The summed E-state index contributed by atoms with van der Waals surface area (Å²) < 4.78 is 24.7. The van der Waals surface area contributed by atoms with Crippen molar-refractivity contribution < 1.29 is 8.42 Å². The largest absolute Gasteiger partial charge is 0.313 e. The van der Waals surface area contributed by atoms with Crippen LogP contribution in [0.15, 0.2) is 23.1 Å². The lowest BCUT2D eigenvalue weighted by molar-refractivity contribution is 0.533. The molecule has 1 aromatic rings. The summed E-state index contributed by atoms with van der Waals surface area (Å²) >= 11 is 0. The fraction of sp³-hybridized carbons (Fsp3) is 0.571. The lowest BCUT2D eigenvalue weighted by Crippen LogP contribution is -2.35. The van der Waals surface area contributed by atoms with E-state index in [1.807, 2.05) is 39.8 Å². The van der Waals surface area contributed by atoms with E-state index in [4.69, 9.17) is 0 Å². The number of benzene rings is 1. The molecule has 0 aromatic heterocycles. The van der Waals surface area contributed by atoms with Crippen LogP contribution in [0.4, 0.5) is 0 Å². The van der Waals surface area contributed by atoms with E-state index >= 15 is 0 Å². The second-order valence-electron chi connectivity index (χ2n) is 4.71. The summed E-state index contributed by atoms with van der Waals surface area (Å²) in [5.41, 5.74) is 1.92. The Hall–Kier alpha value is -0.870. The minimum absolute atomic E-state index is 0.0284. The molecule has 3 nitrogen and oxygen atoms in total. The van der Waals surface area contributed by atoms with E-state index in [1.165, 1.54) is 0 Å². The molecule has 0 fully saturated rings. The number of aryl methyl sites for hydroxylation is 2. The Kier molecular flexibility index (Phi) is 5.35. The number of rotatable bonds is 6. The number of nitrogens with one attached hydrogen (secondary N) is 1. The van der Waals surface area contributed by atoms with Crippen LogP contribution in [0.25, 0.3) is 0 Å². The molecular weight excluding hydrogens is 246 g/mol. The molecule has 1 rings (SSSR count). The minimum atomic E-state index is -3.20. The normalized spacial score (nSPS) is 13.6. The third-order valence-corrected chi connectivity index (χ3v) is 5.04. The fourth-order valence-corrected chi connectivity index (χ4v) is 4.00. The van der Waals surface area contributed by atoms with Gasteiger partial charge < -0.3 is 5.32 Å². The highest BCUT2D eigenvalue weighted by molar-refractivity contribution is 7.91. The van der Waals surface area contributed by atoms with Crippen molar-refractivity contribution >= 4 is 9.84 Å². The van der Waals surface area contributed by atoms with Gasteiger partial charge in [-0.05, 0) is 38.4 Å². The van der Waals surface area contributed by atoms with Crippen LogP contribution >= 0.6 is 0 Å². The SMILES string of the molecule is CCNC(CC)CS(=O)(=O)c1ccc(C)cc1C. The van der Waals surface area contributed by atoms with Gasteiger partial charge in [0.2, 0.25) is 0 Å². The monoisotopic (exact) mass is 269 g/mol. The third kappa shape index (κ3) is 3.82. The van der Waals surface area contributed by atoms with E-state index < -0.39 is 9.84 Å². The van der Waals surface area contributed by atoms with Crippen molar-refractivity contribution in [3.63, 3.8) is 0 Å². The molecule has 0 aliphatic rings. The van der Waals surface area contributed by atoms with Crippen molar-refractivity contribution in [2.75, 3.05) is 12.3 Å². The molecule has 4 heteroatoms. The van der Waals surface area contributed by atoms with Crippen LogP contribution in [0.5, 0.6) is 0 Å². The molecule has 0 saturated carbocycles. The van der Waals surface area contributed by atoms with Gasteiger partial charge in [0.15, 0.2) is 9.84 Å².